The second-order valence-corrected chi connectivity index (χ2v) is 7.75. The van der Waals surface area contributed by atoms with Crippen LogP contribution < -0.4 is 0 Å². The van der Waals surface area contributed by atoms with Crippen molar-refractivity contribution in [1.82, 2.24) is 4.90 Å². The van der Waals surface area contributed by atoms with Gasteiger partial charge in [-0.05, 0) is 42.7 Å². The number of hydrogen-bond donors (Lipinski definition) is 2. The third kappa shape index (κ3) is 2.75. The van der Waals surface area contributed by atoms with Crippen molar-refractivity contribution >= 4 is 0 Å². The predicted octanol–water partition coefficient (Wildman–Crippen LogP) is 2.28. The molecule has 3 rings (SSSR count). The van der Waals surface area contributed by atoms with Crippen molar-refractivity contribution in [1.29, 1.82) is 0 Å². The topological polar surface area (TPSA) is 43.7 Å². The molecule has 0 heterocycles. The Labute approximate surface area is 127 Å². The molecule has 0 spiro atoms. The maximum Gasteiger partial charge on any atom is 0.103 e. The summed E-state index contributed by atoms with van der Waals surface area (Å²) < 4.78 is 0. The van der Waals surface area contributed by atoms with E-state index in [0.717, 1.165) is 19.4 Å². The van der Waals surface area contributed by atoms with E-state index in [2.05, 4.69) is 30.9 Å². The summed E-state index contributed by atoms with van der Waals surface area (Å²) in [7, 11) is 2.02. The highest BCUT2D eigenvalue weighted by Gasteiger charge is 2.64. The summed E-state index contributed by atoms with van der Waals surface area (Å²) in [6.07, 6.45) is 0.872. The molecule has 0 unspecified atom stereocenters. The first kappa shape index (κ1) is 15.0. The number of likely N-dealkylation sites (N-methyl/N-ethyl adjacent to an activating group) is 1. The van der Waals surface area contributed by atoms with Crippen LogP contribution >= 0.6 is 0 Å². The van der Waals surface area contributed by atoms with Crippen LogP contribution in [0, 0.1) is 17.3 Å². The molecular weight excluding hydrogens is 262 g/mol. The molecule has 3 heteroatoms. The standard InChI is InChI=1S/C18H27NO2/c1-17(2)14-9-16(20)18(21,10-15(14)17)12-19(3)11-13-7-5-4-6-8-13/h4-8,14-16,20-21H,9-12H2,1-3H3/t14-,15+,16-,18-/m1/s1. The second-order valence-electron chi connectivity index (χ2n) is 7.75. The molecule has 0 aromatic heterocycles. The SMILES string of the molecule is CN(Cc1ccccc1)C[C@]1(O)C[C@H]2[C@@H](C[C@H]1O)C2(C)C. The number of aliphatic hydroxyl groups is 2. The van der Waals surface area contributed by atoms with Gasteiger partial charge in [0, 0.05) is 13.1 Å². The fourth-order valence-corrected chi connectivity index (χ4v) is 4.30. The van der Waals surface area contributed by atoms with Gasteiger partial charge in [0.15, 0.2) is 0 Å². The molecule has 0 bridgehead atoms. The molecule has 0 radical (unpaired) electrons. The molecule has 2 aliphatic rings. The maximum absolute atomic E-state index is 10.9. The molecular formula is C18H27NO2. The fourth-order valence-electron chi connectivity index (χ4n) is 4.30. The van der Waals surface area contributed by atoms with Crippen molar-refractivity contribution in [2.75, 3.05) is 13.6 Å². The van der Waals surface area contributed by atoms with Crippen LogP contribution in [0.3, 0.4) is 0 Å². The Balaban J connectivity index is 1.63. The number of nitrogens with zero attached hydrogens (tertiary/aromatic N) is 1. The van der Waals surface area contributed by atoms with Crippen LogP contribution in [-0.2, 0) is 6.54 Å². The first-order chi connectivity index (χ1) is 9.83. The molecule has 21 heavy (non-hydrogen) atoms. The summed E-state index contributed by atoms with van der Waals surface area (Å²) in [4.78, 5) is 2.12. The van der Waals surface area contributed by atoms with Crippen LogP contribution in [0.15, 0.2) is 30.3 Å². The number of fused-ring (bicyclic) bond motifs is 1. The van der Waals surface area contributed by atoms with E-state index in [4.69, 9.17) is 0 Å². The molecule has 0 saturated heterocycles. The lowest BCUT2D eigenvalue weighted by molar-refractivity contribution is -0.116. The summed E-state index contributed by atoms with van der Waals surface area (Å²) in [5.41, 5.74) is 0.570. The van der Waals surface area contributed by atoms with Gasteiger partial charge < -0.3 is 10.2 Å². The number of benzene rings is 1. The van der Waals surface area contributed by atoms with Gasteiger partial charge in [-0.25, -0.2) is 0 Å². The lowest BCUT2D eigenvalue weighted by atomic mass is 9.82. The van der Waals surface area contributed by atoms with Crippen LogP contribution in [0.1, 0.15) is 32.3 Å². The first-order valence-electron chi connectivity index (χ1n) is 7.96. The smallest absolute Gasteiger partial charge is 0.103 e. The van der Waals surface area contributed by atoms with Gasteiger partial charge in [0.2, 0.25) is 0 Å². The summed E-state index contributed by atoms with van der Waals surface area (Å²) in [6.45, 7) is 5.85. The molecule has 2 saturated carbocycles. The third-order valence-electron chi connectivity index (χ3n) is 5.80. The highest BCUT2D eigenvalue weighted by Crippen LogP contribution is 2.66. The van der Waals surface area contributed by atoms with Crippen LogP contribution in [-0.4, -0.2) is 40.4 Å². The first-order valence-corrected chi connectivity index (χ1v) is 7.96. The van der Waals surface area contributed by atoms with Gasteiger partial charge in [-0.3, -0.25) is 4.90 Å². The zero-order valence-electron chi connectivity index (χ0n) is 13.3. The molecule has 3 nitrogen and oxygen atoms in total. The summed E-state index contributed by atoms with van der Waals surface area (Å²) in [5.74, 6) is 1.16. The van der Waals surface area contributed by atoms with E-state index in [9.17, 15) is 10.2 Å². The van der Waals surface area contributed by atoms with Gasteiger partial charge in [0.05, 0.1) is 6.10 Å². The average Bonchev–Trinajstić information content (AvgIpc) is 2.91. The largest absolute Gasteiger partial charge is 0.390 e. The summed E-state index contributed by atoms with van der Waals surface area (Å²) in [5, 5.41) is 21.3. The van der Waals surface area contributed by atoms with Crippen molar-refractivity contribution in [3.63, 3.8) is 0 Å². The van der Waals surface area contributed by atoms with Crippen LogP contribution in [0.4, 0.5) is 0 Å². The van der Waals surface area contributed by atoms with Gasteiger partial charge >= 0.3 is 0 Å². The van der Waals surface area contributed by atoms with E-state index in [1.165, 1.54) is 5.56 Å². The van der Waals surface area contributed by atoms with E-state index in [1.54, 1.807) is 0 Å². The van der Waals surface area contributed by atoms with E-state index in [1.807, 2.05) is 25.2 Å². The molecule has 2 aliphatic carbocycles. The fraction of sp³-hybridized carbons (Fsp3) is 0.667. The lowest BCUT2D eigenvalue weighted by Gasteiger charge is -2.39. The summed E-state index contributed by atoms with van der Waals surface area (Å²) >= 11 is 0. The molecule has 1 aromatic rings. The van der Waals surface area contributed by atoms with Crippen LogP contribution in [0.2, 0.25) is 0 Å². The van der Waals surface area contributed by atoms with Gasteiger partial charge in [-0.2, -0.15) is 0 Å². The normalized spacial score (nSPS) is 37.3. The van der Waals surface area contributed by atoms with E-state index >= 15 is 0 Å². The highest BCUT2D eigenvalue weighted by atomic mass is 16.3. The van der Waals surface area contributed by atoms with Gasteiger partial charge in [-0.1, -0.05) is 44.2 Å². The lowest BCUT2D eigenvalue weighted by Crippen LogP contribution is -2.52. The van der Waals surface area contributed by atoms with Crippen molar-refractivity contribution in [2.45, 2.75) is 44.9 Å². The molecule has 2 N–H and O–H groups in total. The van der Waals surface area contributed by atoms with Gasteiger partial charge in [0.1, 0.15) is 5.60 Å². The molecule has 2 fully saturated rings. The minimum Gasteiger partial charge on any atom is -0.390 e. The quantitative estimate of drug-likeness (QED) is 0.894. The van der Waals surface area contributed by atoms with Crippen LogP contribution in [0.25, 0.3) is 0 Å². The van der Waals surface area contributed by atoms with Gasteiger partial charge in [-0.15, -0.1) is 0 Å². The number of rotatable bonds is 4. The Morgan fingerprint density at radius 2 is 1.86 bits per heavy atom. The highest BCUT2D eigenvalue weighted by molar-refractivity contribution is 5.16. The van der Waals surface area contributed by atoms with Crippen molar-refractivity contribution < 1.29 is 10.2 Å². The van der Waals surface area contributed by atoms with E-state index in [0.29, 0.717) is 23.8 Å². The monoisotopic (exact) mass is 289 g/mol. The van der Waals surface area contributed by atoms with Crippen LogP contribution in [0.5, 0.6) is 0 Å². The van der Waals surface area contributed by atoms with Crippen molar-refractivity contribution in [2.24, 2.45) is 17.3 Å². The van der Waals surface area contributed by atoms with E-state index in [-0.39, 0.29) is 0 Å². The van der Waals surface area contributed by atoms with Crippen molar-refractivity contribution in [3.05, 3.63) is 35.9 Å². The zero-order valence-corrected chi connectivity index (χ0v) is 13.3. The minimum atomic E-state index is -0.960. The third-order valence-corrected chi connectivity index (χ3v) is 5.80. The Hall–Kier alpha value is -0.900. The molecule has 0 amide bonds. The Morgan fingerprint density at radius 3 is 2.52 bits per heavy atom. The zero-order chi connectivity index (χ0) is 15.3. The predicted molar refractivity (Wildman–Crippen MR) is 83.7 cm³/mol. The molecule has 1 aromatic carbocycles. The van der Waals surface area contributed by atoms with E-state index < -0.39 is 11.7 Å². The van der Waals surface area contributed by atoms with Crippen molar-refractivity contribution in [3.8, 4) is 0 Å². The molecule has 116 valence electrons. The second kappa shape index (κ2) is 5.08. The maximum atomic E-state index is 10.9. The minimum absolute atomic E-state index is 0.295. The molecule has 0 aliphatic heterocycles. The van der Waals surface area contributed by atoms with Gasteiger partial charge in [0.25, 0.3) is 0 Å². The Bertz CT molecular complexity index is 501. The average molecular weight is 289 g/mol. The number of hydrogen-bond acceptors (Lipinski definition) is 3. The summed E-state index contributed by atoms with van der Waals surface area (Å²) in [6, 6.07) is 10.3. The molecule has 4 atom stereocenters. The Kier molecular flexibility index (Phi) is 3.63. The number of aliphatic hydroxyl groups excluding tert-OH is 1. The Morgan fingerprint density at radius 1 is 1.19 bits per heavy atom.